The Hall–Kier alpha value is -3.69. The number of fused-ring (bicyclic) bond motifs is 2. The lowest BCUT2D eigenvalue weighted by molar-refractivity contribution is 0.102. The van der Waals surface area contributed by atoms with Crippen LogP contribution in [0.4, 0.5) is 5.00 Å². The lowest BCUT2D eigenvalue weighted by Gasteiger charge is -2.33. The van der Waals surface area contributed by atoms with E-state index in [1.807, 2.05) is 61.5 Å². The maximum atomic E-state index is 13.7. The SMILES string of the molecule is CCOc1cccc(-c2cc(C(=O)Nc3sc4c(c3C#N)CC[C@H](C(C)(C)C)C4)c3ccccc3n2)c1. The van der Waals surface area contributed by atoms with Crippen molar-refractivity contribution in [1.29, 1.82) is 5.26 Å². The zero-order chi connectivity index (χ0) is 26.2. The molecule has 0 spiro atoms. The highest BCUT2D eigenvalue weighted by Crippen LogP contribution is 2.44. The van der Waals surface area contributed by atoms with Crippen molar-refractivity contribution >= 4 is 33.1 Å². The number of nitrogens with zero attached hydrogens (tertiary/aromatic N) is 2. The molecule has 2 heterocycles. The number of rotatable bonds is 5. The van der Waals surface area contributed by atoms with Gasteiger partial charge in [-0.3, -0.25) is 4.79 Å². The molecule has 0 aliphatic heterocycles. The first-order chi connectivity index (χ1) is 17.8. The third kappa shape index (κ3) is 4.97. The fourth-order valence-electron chi connectivity index (χ4n) is 5.12. The number of aromatic nitrogens is 1. The summed E-state index contributed by atoms with van der Waals surface area (Å²) in [6, 6.07) is 19.6. The van der Waals surface area contributed by atoms with Crippen LogP contribution in [0.5, 0.6) is 5.75 Å². The van der Waals surface area contributed by atoms with Gasteiger partial charge < -0.3 is 10.1 Å². The maximum absolute atomic E-state index is 13.7. The van der Waals surface area contributed by atoms with E-state index in [0.717, 1.165) is 47.0 Å². The first kappa shape index (κ1) is 25.0. The van der Waals surface area contributed by atoms with E-state index in [9.17, 15) is 10.1 Å². The van der Waals surface area contributed by atoms with E-state index in [2.05, 4.69) is 32.2 Å². The normalized spacial score (nSPS) is 15.2. The van der Waals surface area contributed by atoms with Crippen LogP contribution >= 0.6 is 11.3 Å². The van der Waals surface area contributed by atoms with Gasteiger partial charge in [-0.2, -0.15) is 5.26 Å². The maximum Gasteiger partial charge on any atom is 0.257 e. The van der Waals surface area contributed by atoms with Crippen molar-refractivity contribution in [3.05, 3.63) is 76.2 Å². The van der Waals surface area contributed by atoms with Crippen molar-refractivity contribution < 1.29 is 9.53 Å². The predicted octanol–water partition coefficient (Wildman–Crippen LogP) is 7.64. The summed E-state index contributed by atoms with van der Waals surface area (Å²) in [5, 5.41) is 14.5. The number of thiophene rings is 1. The van der Waals surface area contributed by atoms with Crippen molar-refractivity contribution in [2.75, 3.05) is 11.9 Å². The van der Waals surface area contributed by atoms with Gasteiger partial charge in [0.05, 0.1) is 28.9 Å². The zero-order valence-corrected chi connectivity index (χ0v) is 22.5. The number of anilines is 1. The van der Waals surface area contributed by atoms with Crippen molar-refractivity contribution in [1.82, 2.24) is 4.98 Å². The second-order valence-electron chi connectivity index (χ2n) is 10.6. The van der Waals surface area contributed by atoms with Gasteiger partial charge in [-0.25, -0.2) is 4.98 Å². The molecular weight excluding hydrogens is 478 g/mol. The Morgan fingerprint density at radius 1 is 1.19 bits per heavy atom. The van der Waals surface area contributed by atoms with Gasteiger partial charge in [-0.15, -0.1) is 11.3 Å². The number of benzene rings is 2. The Morgan fingerprint density at radius 3 is 2.76 bits per heavy atom. The summed E-state index contributed by atoms with van der Waals surface area (Å²) in [5.41, 5.74) is 4.79. The summed E-state index contributed by atoms with van der Waals surface area (Å²) in [4.78, 5) is 19.8. The number of pyridine rings is 1. The molecule has 1 N–H and O–H groups in total. The summed E-state index contributed by atoms with van der Waals surface area (Å²) in [6.07, 6.45) is 2.89. The van der Waals surface area contributed by atoms with Gasteiger partial charge in [0.2, 0.25) is 0 Å². The van der Waals surface area contributed by atoms with E-state index in [1.54, 1.807) is 11.3 Å². The van der Waals surface area contributed by atoms with Gasteiger partial charge in [0.15, 0.2) is 0 Å². The highest BCUT2D eigenvalue weighted by molar-refractivity contribution is 7.16. The first-order valence-electron chi connectivity index (χ1n) is 12.8. The van der Waals surface area contributed by atoms with Crippen molar-refractivity contribution in [2.45, 2.75) is 47.0 Å². The van der Waals surface area contributed by atoms with Crippen LogP contribution in [-0.2, 0) is 12.8 Å². The minimum atomic E-state index is -0.233. The van der Waals surface area contributed by atoms with Crippen LogP contribution in [0.2, 0.25) is 0 Å². The van der Waals surface area contributed by atoms with Crippen molar-refractivity contribution in [3.8, 4) is 23.1 Å². The molecule has 1 aliphatic carbocycles. The standard InChI is InChI=1S/C31H31N3O2S/c1-5-36-21-10-8-9-19(15-21)27-17-24(22-11-6-7-12-26(22)33-27)29(35)34-30-25(18-32)23-14-13-20(31(2,3)4)16-28(23)37-30/h6-12,15,17,20H,5,13-14,16H2,1-4H3,(H,34,35)/t20-/m0/s1. The van der Waals surface area contributed by atoms with Gasteiger partial charge >= 0.3 is 0 Å². The zero-order valence-electron chi connectivity index (χ0n) is 21.7. The summed E-state index contributed by atoms with van der Waals surface area (Å²) in [7, 11) is 0. The van der Waals surface area contributed by atoms with Crippen LogP contribution in [0.15, 0.2) is 54.6 Å². The summed E-state index contributed by atoms with van der Waals surface area (Å²) < 4.78 is 5.67. The van der Waals surface area contributed by atoms with Crippen LogP contribution < -0.4 is 10.1 Å². The van der Waals surface area contributed by atoms with Gasteiger partial charge in [-0.1, -0.05) is 51.1 Å². The number of hydrogen-bond donors (Lipinski definition) is 1. The number of nitrogens with one attached hydrogen (secondary N) is 1. The molecule has 5 rings (SSSR count). The molecule has 188 valence electrons. The Balaban J connectivity index is 1.52. The highest BCUT2D eigenvalue weighted by Gasteiger charge is 2.32. The number of para-hydroxylation sites is 1. The summed E-state index contributed by atoms with van der Waals surface area (Å²) >= 11 is 1.56. The number of amides is 1. The molecule has 2 aromatic heterocycles. The number of carbonyl (C=O) groups is 1. The lowest BCUT2D eigenvalue weighted by atomic mass is 9.72. The fraction of sp³-hybridized carbons (Fsp3) is 0.323. The van der Waals surface area contributed by atoms with E-state index in [4.69, 9.17) is 9.72 Å². The van der Waals surface area contributed by atoms with E-state index < -0.39 is 0 Å². The van der Waals surface area contributed by atoms with Crippen LogP contribution in [0, 0.1) is 22.7 Å². The molecule has 0 radical (unpaired) electrons. The van der Waals surface area contributed by atoms with Gasteiger partial charge in [-0.05, 0) is 67.3 Å². The Kier molecular flexibility index (Phi) is 6.74. The Morgan fingerprint density at radius 2 is 2.00 bits per heavy atom. The molecule has 37 heavy (non-hydrogen) atoms. The minimum absolute atomic E-state index is 0.212. The van der Waals surface area contributed by atoms with Crippen LogP contribution in [-0.4, -0.2) is 17.5 Å². The molecule has 0 unspecified atom stereocenters. The van der Waals surface area contributed by atoms with E-state index in [1.165, 1.54) is 4.88 Å². The average Bonchev–Trinajstić information content (AvgIpc) is 3.24. The smallest absolute Gasteiger partial charge is 0.257 e. The van der Waals surface area contributed by atoms with Crippen molar-refractivity contribution in [3.63, 3.8) is 0 Å². The third-order valence-corrected chi connectivity index (χ3v) is 8.40. The van der Waals surface area contributed by atoms with Gasteiger partial charge in [0.25, 0.3) is 5.91 Å². The molecule has 0 saturated carbocycles. The number of hydrogen-bond acceptors (Lipinski definition) is 5. The van der Waals surface area contributed by atoms with Crippen LogP contribution in [0.3, 0.4) is 0 Å². The molecule has 0 bridgehead atoms. The lowest BCUT2D eigenvalue weighted by Crippen LogP contribution is -2.26. The molecule has 5 nitrogen and oxygen atoms in total. The number of ether oxygens (including phenoxy) is 1. The molecule has 0 saturated heterocycles. The van der Waals surface area contributed by atoms with Crippen LogP contribution in [0.25, 0.3) is 22.2 Å². The molecule has 2 aromatic carbocycles. The molecule has 4 aromatic rings. The van der Waals surface area contributed by atoms with E-state index in [0.29, 0.717) is 34.3 Å². The molecule has 1 atom stereocenters. The van der Waals surface area contributed by atoms with Gasteiger partial charge in [0.1, 0.15) is 16.8 Å². The molecular formula is C31H31N3O2S. The quantitative estimate of drug-likeness (QED) is 0.300. The minimum Gasteiger partial charge on any atom is -0.494 e. The van der Waals surface area contributed by atoms with E-state index >= 15 is 0 Å². The molecule has 6 heteroatoms. The van der Waals surface area contributed by atoms with E-state index in [-0.39, 0.29) is 11.3 Å². The Bertz CT molecular complexity index is 1520. The van der Waals surface area contributed by atoms with Crippen LogP contribution in [0.1, 0.15) is 60.5 Å². The fourth-order valence-corrected chi connectivity index (χ4v) is 6.40. The predicted molar refractivity (Wildman–Crippen MR) is 150 cm³/mol. The first-order valence-corrected chi connectivity index (χ1v) is 13.6. The molecule has 0 fully saturated rings. The average molecular weight is 510 g/mol. The second kappa shape index (κ2) is 9.99. The van der Waals surface area contributed by atoms with Gasteiger partial charge in [0, 0.05) is 15.8 Å². The monoisotopic (exact) mass is 509 g/mol. The second-order valence-corrected chi connectivity index (χ2v) is 11.7. The number of carbonyl (C=O) groups excluding carboxylic acids is 1. The number of nitriles is 1. The third-order valence-electron chi connectivity index (χ3n) is 7.23. The Labute approximate surface area is 222 Å². The highest BCUT2D eigenvalue weighted by atomic mass is 32.1. The summed E-state index contributed by atoms with van der Waals surface area (Å²) in [5.74, 6) is 1.09. The molecule has 1 aliphatic rings. The van der Waals surface area contributed by atoms with Crippen molar-refractivity contribution in [2.24, 2.45) is 11.3 Å². The largest absolute Gasteiger partial charge is 0.494 e. The molecule has 1 amide bonds. The summed E-state index contributed by atoms with van der Waals surface area (Å²) in [6.45, 7) is 9.36. The topological polar surface area (TPSA) is 75.0 Å².